The molecular weight excluding hydrogens is 340 g/mol. The molecule has 0 radical (unpaired) electrons. The topological polar surface area (TPSA) is 62.6 Å². The minimum absolute atomic E-state index is 0.00674. The summed E-state index contributed by atoms with van der Waals surface area (Å²) in [6, 6.07) is 16.7. The van der Waals surface area contributed by atoms with Crippen LogP contribution in [0.25, 0.3) is 0 Å². The molecule has 2 aromatic carbocycles. The number of rotatable bonds is 7. The summed E-state index contributed by atoms with van der Waals surface area (Å²) in [6.07, 6.45) is 1.01. The van der Waals surface area contributed by atoms with E-state index >= 15 is 0 Å². The van der Waals surface area contributed by atoms with E-state index in [9.17, 15) is 10.1 Å². The Morgan fingerprint density at radius 1 is 1.30 bits per heavy atom. The van der Waals surface area contributed by atoms with Crippen molar-refractivity contribution in [2.75, 3.05) is 26.3 Å². The van der Waals surface area contributed by atoms with Gasteiger partial charge in [-0.25, -0.2) is 0 Å². The number of carbonyl (C=O) groups is 1. The molecule has 1 amide bonds. The summed E-state index contributed by atoms with van der Waals surface area (Å²) < 4.78 is 11.2. The van der Waals surface area contributed by atoms with Crippen LogP contribution in [0.3, 0.4) is 0 Å². The van der Waals surface area contributed by atoms with Crippen LogP contribution < -0.4 is 4.74 Å². The van der Waals surface area contributed by atoms with Crippen LogP contribution in [0, 0.1) is 17.2 Å². The summed E-state index contributed by atoms with van der Waals surface area (Å²) in [5.41, 5.74) is 2.04. The van der Waals surface area contributed by atoms with E-state index in [-0.39, 0.29) is 12.5 Å². The fraction of sp³-hybridized carbons (Fsp3) is 0.364. The molecule has 3 rings (SSSR count). The Bertz CT molecular complexity index is 822. The van der Waals surface area contributed by atoms with Gasteiger partial charge in [0.1, 0.15) is 12.4 Å². The molecule has 0 N–H and O–H groups in total. The second-order valence-corrected chi connectivity index (χ2v) is 6.66. The van der Waals surface area contributed by atoms with Crippen molar-refractivity contribution in [3.8, 4) is 11.8 Å². The standard InChI is InChI=1S/C22H24N2O3/c1-2-24(14-17-10-11-26-15-17)22(25)18-8-5-9-21(12-18)27-16-20-7-4-3-6-19(20)13-23/h3-9,12,17H,2,10-11,14-16H2,1H3. The van der Waals surface area contributed by atoms with E-state index in [2.05, 4.69) is 6.07 Å². The molecule has 1 atom stereocenters. The number of ether oxygens (including phenoxy) is 2. The molecule has 0 saturated carbocycles. The molecule has 0 aliphatic carbocycles. The summed E-state index contributed by atoms with van der Waals surface area (Å²) in [6.45, 7) is 5.17. The number of hydrogen-bond donors (Lipinski definition) is 0. The van der Waals surface area contributed by atoms with Gasteiger partial charge in [0.05, 0.1) is 18.2 Å². The van der Waals surface area contributed by atoms with Crippen LogP contribution in [-0.2, 0) is 11.3 Å². The molecule has 0 spiro atoms. The number of amides is 1. The van der Waals surface area contributed by atoms with Crippen LogP contribution >= 0.6 is 0 Å². The van der Waals surface area contributed by atoms with Crippen molar-refractivity contribution in [2.24, 2.45) is 5.92 Å². The minimum atomic E-state index is 0.00674. The zero-order valence-corrected chi connectivity index (χ0v) is 15.6. The van der Waals surface area contributed by atoms with Crippen molar-refractivity contribution in [3.63, 3.8) is 0 Å². The number of benzene rings is 2. The molecule has 1 aliphatic heterocycles. The number of carbonyl (C=O) groups excluding carboxylic acids is 1. The first-order valence-electron chi connectivity index (χ1n) is 9.29. The molecule has 1 aliphatic rings. The summed E-state index contributed by atoms with van der Waals surface area (Å²) >= 11 is 0. The third kappa shape index (κ3) is 4.87. The zero-order valence-electron chi connectivity index (χ0n) is 15.6. The molecule has 2 aromatic rings. The molecule has 0 aromatic heterocycles. The highest BCUT2D eigenvalue weighted by Crippen LogP contribution is 2.20. The molecular formula is C22H24N2O3. The van der Waals surface area contributed by atoms with Crippen molar-refractivity contribution in [1.29, 1.82) is 5.26 Å². The van der Waals surface area contributed by atoms with Gasteiger partial charge in [0, 0.05) is 36.7 Å². The van der Waals surface area contributed by atoms with Gasteiger partial charge in [-0.3, -0.25) is 4.79 Å². The summed E-state index contributed by atoms with van der Waals surface area (Å²) in [7, 11) is 0. The van der Waals surface area contributed by atoms with Crippen molar-refractivity contribution < 1.29 is 14.3 Å². The lowest BCUT2D eigenvalue weighted by Crippen LogP contribution is -2.35. The Morgan fingerprint density at radius 3 is 2.89 bits per heavy atom. The van der Waals surface area contributed by atoms with E-state index < -0.39 is 0 Å². The average Bonchev–Trinajstić information content (AvgIpc) is 3.23. The van der Waals surface area contributed by atoms with E-state index in [1.54, 1.807) is 12.1 Å². The summed E-state index contributed by atoms with van der Waals surface area (Å²) in [4.78, 5) is 14.7. The first kappa shape index (κ1) is 18.9. The fourth-order valence-electron chi connectivity index (χ4n) is 3.21. The number of hydrogen-bond acceptors (Lipinski definition) is 4. The monoisotopic (exact) mass is 364 g/mol. The molecule has 1 fully saturated rings. The molecule has 5 nitrogen and oxygen atoms in total. The Balaban J connectivity index is 1.67. The highest BCUT2D eigenvalue weighted by Gasteiger charge is 2.22. The first-order chi connectivity index (χ1) is 13.2. The van der Waals surface area contributed by atoms with Gasteiger partial charge in [0.25, 0.3) is 5.91 Å². The van der Waals surface area contributed by atoms with Gasteiger partial charge in [0.2, 0.25) is 0 Å². The predicted molar refractivity (Wildman–Crippen MR) is 102 cm³/mol. The highest BCUT2D eigenvalue weighted by molar-refractivity contribution is 5.94. The van der Waals surface area contributed by atoms with E-state index in [0.29, 0.717) is 29.3 Å². The lowest BCUT2D eigenvalue weighted by atomic mass is 10.1. The fourth-order valence-corrected chi connectivity index (χ4v) is 3.21. The van der Waals surface area contributed by atoms with Crippen molar-refractivity contribution in [2.45, 2.75) is 20.0 Å². The SMILES string of the molecule is CCN(CC1CCOC1)C(=O)c1cccc(OCc2ccccc2C#N)c1. The van der Waals surface area contributed by atoms with Gasteiger partial charge in [-0.2, -0.15) is 5.26 Å². The van der Waals surface area contributed by atoms with Crippen molar-refractivity contribution >= 4 is 5.91 Å². The first-order valence-corrected chi connectivity index (χ1v) is 9.29. The molecule has 140 valence electrons. The van der Waals surface area contributed by atoms with E-state index in [4.69, 9.17) is 9.47 Å². The number of nitrogens with zero attached hydrogens (tertiary/aromatic N) is 2. The van der Waals surface area contributed by atoms with Crippen LogP contribution in [0.4, 0.5) is 0 Å². The normalized spacial score (nSPS) is 15.9. The highest BCUT2D eigenvalue weighted by atomic mass is 16.5. The summed E-state index contributed by atoms with van der Waals surface area (Å²) in [5.74, 6) is 1.04. The predicted octanol–water partition coefficient (Wildman–Crippen LogP) is 3.64. The van der Waals surface area contributed by atoms with E-state index in [0.717, 1.165) is 31.7 Å². The summed E-state index contributed by atoms with van der Waals surface area (Å²) in [5, 5.41) is 9.17. The second-order valence-electron chi connectivity index (χ2n) is 6.66. The maximum atomic E-state index is 12.9. The Labute approximate surface area is 160 Å². The Kier molecular flexibility index (Phi) is 6.45. The quantitative estimate of drug-likeness (QED) is 0.752. The van der Waals surface area contributed by atoms with Crippen LogP contribution in [-0.4, -0.2) is 37.1 Å². The molecule has 5 heteroatoms. The number of nitriles is 1. The van der Waals surface area contributed by atoms with Crippen molar-refractivity contribution in [3.05, 3.63) is 65.2 Å². The Hall–Kier alpha value is -2.84. The lowest BCUT2D eigenvalue weighted by Gasteiger charge is -2.24. The van der Waals surface area contributed by atoms with Crippen LogP contribution in [0.2, 0.25) is 0 Å². The van der Waals surface area contributed by atoms with Gasteiger partial charge >= 0.3 is 0 Å². The minimum Gasteiger partial charge on any atom is -0.489 e. The maximum absolute atomic E-state index is 12.9. The lowest BCUT2D eigenvalue weighted by molar-refractivity contribution is 0.0730. The van der Waals surface area contributed by atoms with Crippen LogP contribution in [0.15, 0.2) is 48.5 Å². The Morgan fingerprint density at radius 2 is 2.15 bits per heavy atom. The van der Waals surface area contributed by atoms with Gasteiger partial charge in [0.15, 0.2) is 0 Å². The third-order valence-corrected chi connectivity index (χ3v) is 4.78. The maximum Gasteiger partial charge on any atom is 0.253 e. The van der Waals surface area contributed by atoms with Gasteiger partial charge in [-0.1, -0.05) is 24.3 Å². The smallest absolute Gasteiger partial charge is 0.253 e. The van der Waals surface area contributed by atoms with Gasteiger partial charge < -0.3 is 14.4 Å². The average molecular weight is 364 g/mol. The molecule has 1 heterocycles. The van der Waals surface area contributed by atoms with Crippen LogP contribution in [0.1, 0.15) is 34.8 Å². The largest absolute Gasteiger partial charge is 0.489 e. The molecule has 1 saturated heterocycles. The van der Waals surface area contributed by atoms with E-state index in [1.807, 2.05) is 48.2 Å². The van der Waals surface area contributed by atoms with Crippen LogP contribution in [0.5, 0.6) is 5.75 Å². The zero-order chi connectivity index (χ0) is 19.1. The van der Waals surface area contributed by atoms with Gasteiger partial charge in [-0.15, -0.1) is 0 Å². The van der Waals surface area contributed by atoms with Crippen molar-refractivity contribution in [1.82, 2.24) is 4.90 Å². The van der Waals surface area contributed by atoms with Gasteiger partial charge in [-0.05, 0) is 37.6 Å². The molecule has 1 unspecified atom stereocenters. The third-order valence-electron chi connectivity index (χ3n) is 4.78. The molecule has 0 bridgehead atoms. The van der Waals surface area contributed by atoms with E-state index in [1.165, 1.54) is 0 Å². The second kappa shape index (κ2) is 9.20. The molecule has 27 heavy (non-hydrogen) atoms.